The Bertz CT molecular complexity index is 2280. The van der Waals surface area contributed by atoms with Crippen LogP contribution in [0.15, 0.2) is 60.9 Å². The maximum absolute atomic E-state index is 11.9. The van der Waals surface area contributed by atoms with Gasteiger partial charge >= 0.3 is 0 Å². The van der Waals surface area contributed by atoms with Gasteiger partial charge in [0, 0.05) is 117 Å². The van der Waals surface area contributed by atoms with Crippen LogP contribution in [0.4, 0.5) is 0 Å². The van der Waals surface area contributed by atoms with Crippen LogP contribution in [0.1, 0.15) is 36.9 Å². The number of nitrogens with zero attached hydrogens (tertiary/aromatic N) is 6. The smallest absolute Gasteiger partial charge is 0.237 e. The molecule has 12 heteroatoms. The second-order valence-electron chi connectivity index (χ2n) is 15.3. The molecular weight excluding hydrogens is 697 g/mol. The number of aromatic nitrogens is 4. The lowest BCUT2D eigenvalue weighted by molar-refractivity contribution is -0.121. The lowest BCUT2D eigenvalue weighted by Gasteiger charge is -2.47. The zero-order chi connectivity index (χ0) is 35.8. The standard InChI is InChI=1S/C40H39Cl2N7O3/c1-47-16-24(17-48-20-39(21-48)12-11-25(50)13-39)26-9-10-31(45-37(26)47)29-7-3-5-27(35(29)41)28-6-4-8-30(36(28)42)32-15-43-33(38(46-32)52-2)18-49-22-40(23-49)14-34(51)44-19-40/h3-10,15-16H,11-14,17-23H2,1-2H3,(H,44,51). The molecule has 1 aliphatic carbocycles. The summed E-state index contributed by atoms with van der Waals surface area (Å²) in [6.45, 7) is 5.82. The molecule has 3 aliphatic heterocycles. The number of hydrogen-bond acceptors (Lipinski definition) is 8. The highest BCUT2D eigenvalue weighted by atomic mass is 35.5. The summed E-state index contributed by atoms with van der Waals surface area (Å²) in [5, 5.41) is 5.15. The number of carbonyl (C=O) groups is 2. The van der Waals surface area contributed by atoms with Gasteiger partial charge in [0.1, 0.15) is 17.1 Å². The van der Waals surface area contributed by atoms with Crippen molar-refractivity contribution in [3.05, 3.63) is 82.2 Å². The summed E-state index contributed by atoms with van der Waals surface area (Å²) in [6.07, 6.45) is 6.98. The molecule has 0 unspecified atom stereocenters. The number of likely N-dealkylation sites (tertiary alicyclic amines) is 2. The molecule has 1 amide bonds. The van der Waals surface area contributed by atoms with Gasteiger partial charge < -0.3 is 14.6 Å². The van der Waals surface area contributed by atoms with Gasteiger partial charge in [0.2, 0.25) is 11.8 Å². The summed E-state index contributed by atoms with van der Waals surface area (Å²) < 4.78 is 7.77. The molecule has 266 valence electrons. The van der Waals surface area contributed by atoms with E-state index in [2.05, 4.69) is 31.9 Å². The Kier molecular flexibility index (Phi) is 8.15. The van der Waals surface area contributed by atoms with Crippen LogP contribution in [0.2, 0.25) is 10.0 Å². The van der Waals surface area contributed by atoms with Crippen LogP contribution in [0.5, 0.6) is 5.88 Å². The fourth-order valence-electron chi connectivity index (χ4n) is 9.01. The average molecular weight is 737 g/mol. The first-order valence-corrected chi connectivity index (χ1v) is 18.5. The zero-order valence-electron chi connectivity index (χ0n) is 29.2. The maximum atomic E-state index is 11.9. The third-order valence-electron chi connectivity index (χ3n) is 11.5. The minimum Gasteiger partial charge on any atom is -0.480 e. The van der Waals surface area contributed by atoms with E-state index >= 15 is 0 Å². The molecule has 4 aliphatic rings. The summed E-state index contributed by atoms with van der Waals surface area (Å²) in [6, 6.07) is 15.9. The zero-order valence-corrected chi connectivity index (χ0v) is 30.7. The van der Waals surface area contributed by atoms with Crippen LogP contribution in [0, 0.1) is 10.8 Å². The molecule has 4 fully saturated rings. The Morgan fingerprint density at radius 2 is 1.50 bits per heavy atom. The van der Waals surface area contributed by atoms with Gasteiger partial charge in [-0.05, 0) is 24.1 Å². The molecule has 2 aromatic carbocycles. The van der Waals surface area contributed by atoms with Gasteiger partial charge in [0.25, 0.3) is 0 Å². The van der Waals surface area contributed by atoms with Crippen molar-refractivity contribution in [3.63, 3.8) is 0 Å². The van der Waals surface area contributed by atoms with Crippen molar-refractivity contribution >= 4 is 45.9 Å². The van der Waals surface area contributed by atoms with Crippen LogP contribution in [0.3, 0.4) is 0 Å². The lowest BCUT2D eigenvalue weighted by Crippen LogP contribution is -2.56. The normalized spacial score (nSPS) is 19.4. The number of amides is 1. The third-order valence-corrected chi connectivity index (χ3v) is 12.3. The van der Waals surface area contributed by atoms with Gasteiger partial charge in [-0.2, -0.15) is 0 Å². The first-order valence-electron chi connectivity index (χ1n) is 17.8. The van der Waals surface area contributed by atoms with Gasteiger partial charge in [-0.3, -0.25) is 24.4 Å². The molecule has 6 heterocycles. The number of ketones is 1. The van der Waals surface area contributed by atoms with E-state index in [1.807, 2.05) is 49.5 Å². The van der Waals surface area contributed by atoms with E-state index in [9.17, 15) is 9.59 Å². The molecule has 9 rings (SSSR count). The molecule has 0 atom stereocenters. The summed E-state index contributed by atoms with van der Waals surface area (Å²) in [7, 11) is 3.63. The quantitative estimate of drug-likeness (QED) is 0.191. The predicted molar refractivity (Wildman–Crippen MR) is 201 cm³/mol. The first kappa shape index (κ1) is 33.5. The Balaban J connectivity index is 0.955. The number of rotatable bonds is 8. The number of pyridine rings is 1. The van der Waals surface area contributed by atoms with E-state index in [1.165, 1.54) is 5.56 Å². The summed E-state index contributed by atoms with van der Waals surface area (Å²) in [5.74, 6) is 0.989. The first-order chi connectivity index (χ1) is 25.1. The minimum absolute atomic E-state index is 0.0371. The number of Topliss-reactive ketones (excluding diaryl/α,β-unsaturated/α-hetero) is 1. The largest absolute Gasteiger partial charge is 0.480 e. The van der Waals surface area contributed by atoms with Crippen molar-refractivity contribution < 1.29 is 14.3 Å². The second kappa shape index (κ2) is 12.7. The van der Waals surface area contributed by atoms with Crippen LogP contribution in [-0.4, -0.2) is 80.8 Å². The van der Waals surface area contributed by atoms with Crippen LogP contribution >= 0.6 is 23.2 Å². The van der Waals surface area contributed by atoms with Crippen molar-refractivity contribution in [2.75, 3.05) is 39.8 Å². The number of nitrogens with one attached hydrogen (secondary N) is 1. The van der Waals surface area contributed by atoms with E-state index in [4.69, 9.17) is 42.9 Å². The fraction of sp³-hybridized carbons (Fsp3) is 0.375. The number of ether oxygens (including phenoxy) is 1. The van der Waals surface area contributed by atoms with Crippen molar-refractivity contribution in [2.24, 2.45) is 17.9 Å². The highest BCUT2D eigenvalue weighted by molar-refractivity contribution is 6.39. The Hall–Kier alpha value is -4.35. The molecule has 3 aromatic heterocycles. The maximum Gasteiger partial charge on any atom is 0.237 e. The van der Waals surface area contributed by atoms with E-state index in [-0.39, 0.29) is 16.7 Å². The van der Waals surface area contributed by atoms with Gasteiger partial charge in [0.05, 0.1) is 34.7 Å². The SMILES string of the molecule is COc1nc(-c2cccc(-c3cccc(-c4ccc5c(CN6CC7(CCC(=O)C7)C6)cn(C)c5n4)c3Cl)c2Cl)cnc1CN1CC2(CNC(=O)C2)C1. The van der Waals surface area contributed by atoms with Crippen molar-refractivity contribution in [3.8, 4) is 39.5 Å². The predicted octanol–water partition coefficient (Wildman–Crippen LogP) is 6.56. The molecular formula is C40H39Cl2N7O3. The minimum atomic E-state index is 0.0371. The number of halogens is 2. The van der Waals surface area contributed by atoms with E-state index < -0.39 is 0 Å². The van der Waals surface area contributed by atoms with Crippen LogP contribution in [0.25, 0.3) is 44.7 Å². The summed E-state index contributed by atoms with van der Waals surface area (Å²) >= 11 is 14.3. The Labute approximate surface area is 312 Å². The molecule has 0 bridgehead atoms. The molecule has 1 saturated carbocycles. The van der Waals surface area contributed by atoms with Gasteiger partial charge in [-0.25, -0.2) is 9.97 Å². The molecule has 2 spiro atoms. The van der Waals surface area contributed by atoms with Gasteiger partial charge in [-0.15, -0.1) is 0 Å². The van der Waals surface area contributed by atoms with Gasteiger partial charge in [0.15, 0.2) is 0 Å². The molecule has 0 radical (unpaired) electrons. The monoisotopic (exact) mass is 735 g/mol. The highest BCUT2D eigenvalue weighted by Gasteiger charge is 2.49. The fourth-order valence-corrected chi connectivity index (χ4v) is 9.66. The molecule has 3 saturated heterocycles. The van der Waals surface area contributed by atoms with Crippen molar-refractivity contribution in [1.82, 2.24) is 34.6 Å². The second-order valence-corrected chi connectivity index (χ2v) is 16.1. The lowest BCUT2D eigenvalue weighted by atomic mass is 9.78. The van der Waals surface area contributed by atoms with Crippen LogP contribution < -0.4 is 10.1 Å². The highest BCUT2D eigenvalue weighted by Crippen LogP contribution is 2.46. The Morgan fingerprint density at radius 3 is 2.15 bits per heavy atom. The van der Waals surface area contributed by atoms with E-state index in [0.29, 0.717) is 40.4 Å². The summed E-state index contributed by atoms with van der Waals surface area (Å²) in [5.41, 5.74) is 7.61. The van der Waals surface area contributed by atoms with Crippen molar-refractivity contribution in [1.29, 1.82) is 0 Å². The number of methoxy groups -OCH3 is 1. The molecule has 10 nitrogen and oxygen atoms in total. The molecule has 52 heavy (non-hydrogen) atoms. The summed E-state index contributed by atoms with van der Waals surface area (Å²) in [4.78, 5) is 43.0. The number of fused-ring (bicyclic) bond motifs is 1. The van der Waals surface area contributed by atoms with Crippen molar-refractivity contribution in [2.45, 2.75) is 38.8 Å². The molecule has 1 N–H and O–H groups in total. The van der Waals surface area contributed by atoms with E-state index in [1.54, 1.807) is 13.3 Å². The number of benzene rings is 2. The van der Waals surface area contributed by atoms with Crippen LogP contribution in [-0.2, 0) is 29.7 Å². The number of aryl methyl sites for hydroxylation is 1. The number of carbonyl (C=O) groups excluding carboxylic acids is 2. The Morgan fingerprint density at radius 1 is 0.827 bits per heavy atom. The third kappa shape index (κ3) is 5.76. The van der Waals surface area contributed by atoms with E-state index in [0.717, 1.165) is 103 Å². The number of hydrogen-bond donors (Lipinski definition) is 1. The average Bonchev–Trinajstić information content (AvgIpc) is 3.79. The molecule has 5 aromatic rings. The topological polar surface area (TPSA) is 105 Å². The van der Waals surface area contributed by atoms with Gasteiger partial charge in [-0.1, -0.05) is 59.6 Å².